The summed E-state index contributed by atoms with van der Waals surface area (Å²) in [6.07, 6.45) is 0. The Balaban J connectivity index is 0.00000288. The number of aromatic nitrogens is 3. The fraction of sp³-hybridized carbons (Fsp3) is 0.467. The van der Waals surface area contributed by atoms with E-state index in [9.17, 15) is 14.4 Å². The molecular formula is C15H23Cl2N5O3. The molecule has 0 aliphatic heterocycles. The van der Waals surface area contributed by atoms with Crippen molar-refractivity contribution in [3.63, 3.8) is 0 Å². The van der Waals surface area contributed by atoms with Crippen molar-refractivity contribution in [3.8, 4) is 0 Å². The van der Waals surface area contributed by atoms with Crippen molar-refractivity contribution in [3.05, 3.63) is 38.2 Å². The largest absolute Gasteiger partial charge is 0.349 e. The molecule has 0 aliphatic rings. The second kappa shape index (κ2) is 8.98. The fourth-order valence-electron chi connectivity index (χ4n) is 2.29. The first-order chi connectivity index (χ1) is 10.8. The Kier molecular flexibility index (Phi) is 8.30. The number of nitrogens with one attached hydrogen (secondary N) is 2. The first kappa shape index (κ1) is 23.1. The zero-order valence-corrected chi connectivity index (χ0v) is 16.4. The fourth-order valence-corrected chi connectivity index (χ4v) is 2.29. The van der Waals surface area contributed by atoms with Crippen LogP contribution in [-0.2, 0) is 14.1 Å². The second-order valence-corrected chi connectivity index (χ2v) is 5.63. The van der Waals surface area contributed by atoms with E-state index in [2.05, 4.69) is 15.6 Å². The van der Waals surface area contributed by atoms with Gasteiger partial charge in [-0.2, -0.15) is 0 Å². The lowest BCUT2D eigenvalue weighted by Crippen LogP contribution is -2.39. The van der Waals surface area contributed by atoms with Crippen molar-refractivity contribution in [1.82, 2.24) is 24.8 Å². The Morgan fingerprint density at radius 1 is 1.24 bits per heavy atom. The summed E-state index contributed by atoms with van der Waals surface area (Å²) >= 11 is 0. The highest BCUT2D eigenvalue weighted by atomic mass is 35.5. The maximum atomic E-state index is 12.3. The van der Waals surface area contributed by atoms with Crippen LogP contribution >= 0.6 is 24.8 Å². The van der Waals surface area contributed by atoms with Gasteiger partial charge in [-0.3, -0.25) is 18.7 Å². The number of carbonyl (C=O) groups is 1. The van der Waals surface area contributed by atoms with E-state index in [-0.39, 0.29) is 48.1 Å². The third-order valence-corrected chi connectivity index (χ3v) is 3.90. The Morgan fingerprint density at radius 2 is 1.84 bits per heavy atom. The first-order valence-electron chi connectivity index (χ1n) is 7.30. The van der Waals surface area contributed by atoms with E-state index < -0.39 is 11.2 Å². The maximum Gasteiger partial charge on any atom is 0.332 e. The van der Waals surface area contributed by atoms with Crippen LogP contribution in [0.5, 0.6) is 0 Å². The third-order valence-electron chi connectivity index (χ3n) is 3.90. The van der Waals surface area contributed by atoms with Gasteiger partial charge in [0.25, 0.3) is 11.5 Å². The minimum atomic E-state index is -0.476. The monoisotopic (exact) mass is 391 g/mol. The molecule has 1 atom stereocenters. The van der Waals surface area contributed by atoms with Gasteiger partial charge in [0.2, 0.25) is 0 Å². The summed E-state index contributed by atoms with van der Waals surface area (Å²) in [4.78, 5) is 40.7. The number of carbonyl (C=O) groups excluding carboxylic acids is 1. The Morgan fingerprint density at radius 3 is 2.40 bits per heavy atom. The highest BCUT2D eigenvalue weighted by Gasteiger charge is 2.16. The average molecular weight is 392 g/mol. The molecule has 2 N–H and O–H groups in total. The van der Waals surface area contributed by atoms with Gasteiger partial charge in [0.1, 0.15) is 11.3 Å². The van der Waals surface area contributed by atoms with E-state index in [1.165, 1.54) is 18.7 Å². The Labute approximate surface area is 157 Å². The minimum Gasteiger partial charge on any atom is -0.349 e. The molecule has 0 saturated heterocycles. The van der Waals surface area contributed by atoms with Crippen LogP contribution in [0.15, 0.2) is 15.7 Å². The summed E-state index contributed by atoms with van der Waals surface area (Å²) in [6, 6.07) is 1.69. The molecule has 1 unspecified atom stereocenters. The maximum absolute atomic E-state index is 12.3. The van der Waals surface area contributed by atoms with Crippen molar-refractivity contribution >= 4 is 41.8 Å². The quantitative estimate of drug-likeness (QED) is 0.771. The van der Waals surface area contributed by atoms with Crippen LogP contribution < -0.4 is 21.9 Å². The van der Waals surface area contributed by atoms with Gasteiger partial charge in [-0.25, -0.2) is 9.78 Å². The van der Waals surface area contributed by atoms with Gasteiger partial charge in [-0.1, -0.05) is 0 Å². The SMILES string of the molecule is CNC(C)CNC(=O)c1cc(C)c2c(=O)n(C)c(=O)n(C)c2n1.Cl.Cl. The predicted molar refractivity (Wildman–Crippen MR) is 102 cm³/mol. The van der Waals surface area contributed by atoms with Crippen LogP contribution in [0.2, 0.25) is 0 Å². The smallest absolute Gasteiger partial charge is 0.332 e. The van der Waals surface area contributed by atoms with Gasteiger partial charge in [-0.05, 0) is 32.5 Å². The van der Waals surface area contributed by atoms with Crippen molar-refractivity contribution in [2.24, 2.45) is 14.1 Å². The van der Waals surface area contributed by atoms with E-state index in [0.717, 1.165) is 4.57 Å². The third kappa shape index (κ3) is 4.39. The summed E-state index contributed by atoms with van der Waals surface area (Å²) in [5.41, 5.74) is 0.115. The molecule has 8 nitrogen and oxygen atoms in total. The number of hydrogen-bond donors (Lipinski definition) is 2. The van der Waals surface area contributed by atoms with Crippen molar-refractivity contribution in [2.75, 3.05) is 13.6 Å². The molecule has 10 heteroatoms. The molecule has 0 fully saturated rings. The van der Waals surface area contributed by atoms with Crippen LogP contribution in [0.25, 0.3) is 11.0 Å². The van der Waals surface area contributed by atoms with E-state index in [0.29, 0.717) is 17.5 Å². The van der Waals surface area contributed by atoms with Crippen LogP contribution in [-0.4, -0.2) is 39.7 Å². The van der Waals surface area contributed by atoms with Crippen LogP contribution in [0.3, 0.4) is 0 Å². The molecule has 0 saturated carbocycles. The van der Waals surface area contributed by atoms with Crippen LogP contribution in [0, 0.1) is 6.92 Å². The van der Waals surface area contributed by atoms with Gasteiger partial charge < -0.3 is 10.6 Å². The van der Waals surface area contributed by atoms with Gasteiger partial charge in [0, 0.05) is 26.7 Å². The van der Waals surface area contributed by atoms with E-state index in [1.54, 1.807) is 20.0 Å². The number of nitrogens with zero attached hydrogens (tertiary/aromatic N) is 3. The zero-order valence-electron chi connectivity index (χ0n) is 14.7. The molecule has 0 spiro atoms. The number of halogens is 2. The van der Waals surface area contributed by atoms with E-state index in [1.807, 2.05) is 6.92 Å². The number of amides is 1. The second-order valence-electron chi connectivity index (χ2n) is 5.63. The standard InChI is InChI=1S/C15H21N5O3.2ClH/c1-8-6-10(13(21)17-7-9(2)16-3)18-12-11(8)14(22)20(5)15(23)19(12)4;;/h6,9,16H,7H2,1-5H3,(H,17,21);2*1H. The van der Waals surface area contributed by atoms with Gasteiger partial charge in [-0.15, -0.1) is 24.8 Å². The molecule has 2 aromatic heterocycles. The molecule has 0 aliphatic carbocycles. The molecule has 0 radical (unpaired) electrons. The summed E-state index contributed by atoms with van der Waals surface area (Å²) in [5, 5.41) is 6.13. The molecule has 2 rings (SSSR count). The molecule has 1 amide bonds. The summed E-state index contributed by atoms with van der Waals surface area (Å²) in [7, 11) is 4.76. The highest BCUT2D eigenvalue weighted by molar-refractivity contribution is 5.95. The number of fused-ring (bicyclic) bond motifs is 1. The first-order valence-corrected chi connectivity index (χ1v) is 7.30. The van der Waals surface area contributed by atoms with Crippen molar-refractivity contribution in [2.45, 2.75) is 19.9 Å². The lowest BCUT2D eigenvalue weighted by molar-refractivity contribution is 0.0945. The molecule has 140 valence electrons. The van der Waals surface area contributed by atoms with Crippen molar-refractivity contribution < 1.29 is 4.79 Å². The molecule has 0 bridgehead atoms. The van der Waals surface area contributed by atoms with Gasteiger partial charge in [0.05, 0.1) is 5.39 Å². The van der Waals surface area contributed by atoms with E-state index >= 15 is 0 Å². The Hall–Kier alpha value is -1.90. The topological polar surface area (TPSA) is 98.0 Å². The lowest BCUT2D eigenvalue weighted by atomic mass is 10.1. The van der Waals surface area contributed by atoms with E-state index in [4.69, 9.17) is 0 Å². The van der Waals surface area contributed by atoms with Crippen molar-refractivity contribution in [1.29, 1.82) is 0 Å². The summed E-state index contributed by atoms with van der Waals surface area (Å²) in [5.74, 6) is -0.342. The lowest BCUT2D eigenvalue weighted by Gasteiger charge is -2.13. The van der Waals surface area contributed by atoms with Gasteiger partial charge >= 0.3 is 5.69 Å². The number of rotatable bonds is 4. The number of likely N-dealkylation sites (N-methyl/N-ethyl adjacent to an activating group) is 1. The Bertz CT molecular complexity index is 891. The number of pyridine rings is 1. The normalized spacial score (nSPS) is 11.4. The molecule has 2 heterocycles. The molecular weight excluding hydrogens is 369 g/mol. The highest BCUT2D eigenvalue weighted by Crippen LogP contribution is 2.12. The molecule has 25 heavy (non-hydrogen) atoms. The number of aryl methyl sites for hydroxylation is 2. The van der Waals surface area contributed by atoms with Gasteiger partial charge in [0.15, 0.2) is 0 Å². The predicted octanol–water partition coefficient (Wildman–Crippen LogP) is 0.122. The molecule has 0 aromatic carbocycles. The number of hydrogen-bond acceptors (Lipinski definition) is 5. The average Bonchev–Trinajstić information content (AvgIpc) is 2.54. The van der Waals surface area contributed by atoms with Crippen LogP contribution in [0.4, 0.5) is 0 Å². The zero-order chi connectivity index (χ0) is 17.3. The van der Waals surface area contributed by atoms with Crippen LogP contribution in [0.1, 0.15) is 23.0 Å². The summed E-state index contributed by atoms with van der Waals surface area (Å²) < 4.78 is 2.31. The minimum absolute atomic E-state index is 0. The summed E-state index contributed by atoms with van der Waals surface area (Å²) in [6.45, 7) is 4.11. The molecule has 2 aromatic rings.